The van der Waals surface area contributed by atoms with Gasteiger partial charge in [-0.25, -0.2) is 0 Å². The third-order valence-electron chi connectivity index (χ3n) is 2.04. The number of halogens is 1. The van der Waals surface area contributed by atoms with E-state index in [0.29, 0.717) is 13.2 Å². The monoisotopic (exact) mass is 205 g/mol. The summed E-state index contributed by atoms with van der Waals surface area (Å²) in [4.78, 5) is 23.9. The molecule has 0 aliphatic carbocycles. The van der Waals surface area contributed by atoms with Gasteiger partial charge < -0.3 is 9.64 Å². The number of morpholine rings is 1. The quantitative estimate of drug-likeness (QED) is 0.599. The fourth-order valence-corrected chi connectivity index (χ4v) is 1.51. The van der Waals surface area contributed by atoms with Crippen LogP contribution in [0.1, 0.15) is 6.92 Å². The van der Waals surface area contributed by atoms with Gasteiger partial charge in [0, 0.05) is 13.5 Å². The van der Waals surface area contributed by atoms with Gasteiger partial charge >= 0.3 is 0 Å². The van der Waals surface area contributed by atoms with E-state index in [1.807, 2.05) is 0 Å². The molecule has 1 aliphatic rings. The molecular formula is C8H12ClNO3. The number of carbonyl (C=O) groups is 2. The first-order valence-electron chi connectivity index (χ1n) is 4.10. The maximum atomic E-state index is 11.3. The van der Waals surface area contributed by atoms with E-state index in [1.54, 1.807) is 0 Å². The Bertz CT molecular complexity index is 219. The van der Waals surface area contributed by atoms with E-state index < -0.39 is 6.04 Å². The lowest BCUT2D eigenvalue weighted by atomic mass is 10.1. The lowest BCUT2D eigenvalue weighted by Crippen LogP contribution is -2.52. The van der Waals surface area contributed by atoms with Crippen LogP contribution in [0.2, 0.25) is 0 Å². The van der Waals surface area contributed by atoms with Crippen molar-refractivity contribution in [2.45, 2.75) is 13.0 Å². The summed E-state index contributed by atoms with van der Waals surface area (Å²) in [6.45, 7) is 2.68. The van der Waals surface area contributed by atoms with Crippen molar-refractivity contribution in [1.82, 2.24) is 4.90 Å². The van der Waals surface area contributed by atoms with Crippen molar-refractivity contribution in [1.29, 1.82) is 0 Å². The Morgan fingerprint density at radius 2 is 2.31 bits per heavy atom. The van der Waals surface area contributed by atoms with Crippen LogP contribution in [0.4, 0.5) is 0 Å². The Labute approximate surface area is 81.8 Å². The highest BCUT2D eigenvalue weighted by Crippen LogP contribution is 2.08. The molecule has 0 aromatic rings. The van der Waals surface area contributed by atoms with Crippen LogP contribution < -0.4 is 0 Å². The number of ether oxygens (including phenoxy) is 1. The van der Waals surface area contributed by atoms with E-state index in [4.69, 9.17) is 16.3 Å². The van der Waals surface area contributed by atoms with Gasteiger partial charge in [-0.15, -0.1) is 11.6 Å². The second-order valence-corrected chi connectivity index (χ2v) is 3.17. The molecule has 1 amide bonds. The average Bonchev–Trinajstić information content (AvgIpc) is 2.16. The molecule has 4 nitrogen and oxygen atoms in total. The average molecular weight is 206 g/mol. The van der Waals surface area contributed by atoms with Crippen LogP contribution in [0.25, 0.3) is 0 Å². The van der Waals surface area contributed by atoms with Crippen molar-refractivity contribution >= 4 is 23.3 Å². The Kier molecular flexibility index (Phi) is 3.69. The third-order valence-corrected chi connectivity index (χ3v) is 2.30. The van der Waals surface area contributed by atoms with Gasteiger partial charge in [-0.1, -0.05) is 0 Å². The smallest absolute Gasteiger partial charge is 0.220 e. The van der Waals surface area contributed by atoms with Crippen LogP contribution in [0.15, 0.2) is 0 Å². The topological polar surface area (TPSA) is 46.6 Å². The predicted octanol–water partition coefficient (Wildman–Crippen LogP) is 0.0416. The predicted molar refractivity (Wildman–Crippen MR) is 47.7 cm³/mol. The summed E-state index contributed by atoms with van der Waals surface area (Å²) in [6, 6.07) is -0.483. The zero-order valence-corrected chi connectivity index (χ0v) is 8.21. The molecule has 0 aromatic carbocycles. The lowest BCUT2D eigenvalue weighted by molar-refractivity contribution is -0.144. The molecule has 1 atom stereocenters. The van der Waals surface area contributed by atoms with Crippen LogP contribution in [0.3, 0.4) is 0 Å². The first kappa shape index (κ1) is 10.5. The van der Waals surface area contributed by atoms with Gasteiger partial charge in [0.15, 0.2) is 5.78 Å². The first-order valence-corrected chi connectivity index (χ1v) is 4.64. The highest BCUT2D eigenvalue weighted by atomic mass is 35.5. The van der Waals surface area contributed by atoms with E-state index in [9.17, 15) is 9.59 Å². The van der Waals surface area contributed by atoms with Gasteiger partial charge in [-0.2, -0.15) is 0 Å². The zero-order chi connectivity index (χ0) is 9.84. The minimum Gasteiger partial charge on any atom is -0.377 e. The number of Topliss-reactive ketones (excluding diaryl/α,β-unsaturated/α-hetero) is 1. The molecule has 0 saturated carbocycles. The van der Waals surface area contributed by atoms with E-state index in [2.05, 4.69) is 0 Å². The standard InChI is InChI=1S/C8H12ClNO3/c1-6(11)10-2-3-13-5-7(10)8(12)4-9/h7H,2-5H2,1H3. The summed E-state index contributed by atoms with van der Waals surface area (Å²) in [5, 5.41) is 0. The summed E-state index contributed by atoms with van der Waals surface area (Å²) in [6.07, 6.45) is 0. The summed E-state index contributed by atoms with van der Waals surface area (Å²) >= 11 is 5.41. The summed E-state index contributed by atoms with van der Waals surface area (Å²) in [5.41, 5.74) is 0. The maximum absolute atomic E-state index is 11.3. The molecule has 0 aromatic heterocycles. The molecule has 0 bridgehead atoms. The SMILES string of the molecule is CC(=O)N1CCOCC1C(=O)CCl. The number of rotatable bonds is 2. The van der Waals surface area contributed by atoms with E-state index in [0.717, 1.165) is 0 Å². The molecule has 0 N–H and O–H groups in total. The van der Waals surface area contributed by atoms with Gasteiger partial charge in [0.1, 0.15) is 6.04 Å². The van der Waals surface area contributed by atoms with Crippen molar-refractivity contribution in [3.63, 3.8) is 0 Å². The number of alkyl halides is 1. The number of amides is 1. The van der Waals surface area contributed by atoms with Crippen molar-refractivity contribution < 1.29 is 14.3 Å². The Morgan fingerprint density at radius 3 is 2.85 bits per heavy atom. The van der Waals surface area contributed by atoms with Crippen LogP contribution in [-0.2, 0) is 14.3 Å². The molecule has 0 radical (unpaired) electrons. The number of ketones is 1. The fraction of sp³-hybridized carbons (Fsp3) is 0.750. The lowest BCUT2D eigenvalue weighted by Gasteiger charge is -2.33. The second kappa shape index (κ2) is 4.58. The van der Waals surface area contributed by atoms with E-state index in [-0.39, 0.29) is 24.2 Å². The molecule has 1 unspecified atom stereocenters. The van der Waals surface area contributed by atoms with Gasteiger partial charge in [-0.05, 0) is 0 Å². The molecule has 74 valence electrons. The van der Waals surface area contributed by atoms with Gasteiger partial charge in [-0.3, -0.25) is 9.59 Å². The minimum absolute atomic E-state index is 0.0716. The molecule has 5 heteroatoms. The summed E-state index contributed by atoms with van der Waals surface area (Å²) in [7, 11) is 0. The van der Waals surface area contributed by atoms with E-state index in [1.165, 1.54) is 11.8 Å². The largest absolute Gasteiger partial charge is 0.377 e. The van der Waals surface area contributed by atoms with Crippen molar-refractivity contribution in [2.75, 3.05) is 25.6 Å². The van der Waals surface area contributed by atoms with Crippen LogP contribution in [0.5, 0.6) is 0 Å². The molecule has 1 fully saturated rings. The van der Waals surface area contributed by atoms with Crippen molar-refractivity contribution in [3.05, 3.63) is 0 Å². The number of hydrogen-bond donors (Lipinski definition) is 0. The summed E-state index contributed by atoms with van der Waals surface area (Å²) in [5.74, 6) is -0.332. The molecule has 1 rings (SSSR count). The fourth-order valence-electron chi connectivity index (χ4n) is 1.34. The second-order valence-electron chi connectivity index (χ2n) is 2.90. The normalized spacial score (nSPS) is 22.9. The van der Waals surface area contributed by atoms with Crippen LogP contribution >= 0.6 is 11.6 Å². The van der Waals surface area contributed by atoms with Crippen molar-refractivity contribution in [2.24, 2.45) is 0 Å². The van der Waals surface area contributed by atoms with Gasteiger partial charge in [0.05, 0.1) is 19.1 Å². The Morgan fingerprint density at radius 1 is 1.62 bits per heavy atom. The van der Waals surface area contributed by atoms with Gasteiger partial charge in [0.2, 0.25) is 5.91 Å². The van der Waals surface area contributed by atoms with Crippen molar-refractivity contribution in [3.8, 4) is 0 Å². The Hall–Kier alpha value is -0.610. The molecule has 13 heavy (non-hydrogen) atoms. The minimum atomic E-state index is -0.483. The first-order chi connectivity index (χ1) is 6.16. The summed E-state index contributed by atoms with van der Waals surface area (Å²) < 4.78 is 5.11. The number of carbonyl (C=O) groups excluding carboxylic acids is 2. The number of hydrogen-bond acceptors (Lipinski definition) is 3. The molecular weight excluding hydrogens is 194 g/mol. The van der Waals surface area contributed by atoms with Gasteiger partial charge in [0.25, 0.3) is 0 Å². The molecule has 1 aliphatic heterocycles. The van der Waals surface area contributed by atoms with Crippen LogP contribution in [0, 0.1) is 0 Å². The van der Waals surface area contributed by atoms with Crippen LogP contribution in [-0.4, -0.2) is 48.3 Å². The molecule has 0 spiro atoms. The Balaban J connectivity index is 2.67. The molecule has 1 saturated heterocycles. The highest BCUT2D eigenvalue weighted by molar-refractivity contribution is 6.28. The highest BCUT2D eigenvalue weighted by Gasteiger charge is 2.29. The maximum Gasteiger partial charge on any atom is 0.220 e. The molecule has 1 heterocycles. The van der Waals surface area contributed by atoms with E-state index >= 15 is 0 Å². The zero-order valence-electron chi connectivity index (χ0n) is 7.46. The number of nitrogens with zero attached hydrogens (tertiary/aromatic N) is 1. The third kappa shape index (κ3) is 2.42.